The molecule has 0 spiro atoms. The van der Waals surface area contributed by atoms with Crippen LogP contribution in [0.15, 0.2) is 28.8 Å². The molecule has 1 heterocycles. The van der Waals surface area contributed by atoms with Crippen molar-refractivity contribution < 1.29 is 9.26 Å². The van der Waals surface area contributed by atoms with Crippen LogP contribution in [0.1, 0.15) is 16.8 Å². The second kappa shape index (κ2) is 4.91. The molecule has 0 amide bonds. The molecule has 0 aliphatic heterocycles. The molecule has 1 aromatic carbocycles. The van der Waals surface area contributed by atoms with Crippen LogP contribution in [0.5, 0.6) is 5.75 Å². The van der Waals surface area contributed by atoms with Crippen LogP contribution in [0.3, 0.4) is 0 Å². The Bertz CT molecular complexity index is 506. The SMILES string of the molecule is Cc1ccc(OCCc2cc(N)on2)cc1C. The number of aromatic nitrogens is 1. The van der Waals surface area contributed by atoms with Crippen molar-refractivity contribution >= 4 is 5.88 Å². The molecule has 0 fully saturated rings. The van der Waals surface area contributed by atoms with Gasteiger partial charge in [0.2, 0.25) is 5.88 Å². The summed E-state index contributed by atoms with van der Waals surface area (Å²) in [4.78, 5) is 0. The fourth-order valence-electron chi connectivity index (χ4n) is 1.52. The Morgan fingerprint density at radius 1 is 1.24 bits per heavy atom. The summed E-state index contributed by atoms with van der Waals surface area (Å²) in [6.07, 6.45) is 0.688. The molecule has 0 atom stereocenters. The summed E-state index contributed by atoms with van der Waals surface area (Å²) in [5.41, 5.74) is 8.73. The molecule has 4 nitrogen and oxygen atoms in total. The third-order valence-electron chi connectivity index (χ3n) is 2.68. The topological polar surface area (TPSA) is 61.3 Å². The summed E-state index contributed by atoms with van der Waals surface area (Å²) in [6.45, 7) is 4.71. The number of aryl methyl sites for hydroxylation is 2. The lowest BCUT2D eigenvalue weighted by Gasteiger charge is -2.07. The first kappa shape index (κ1) is 11.5. The number of nitrogens with two attached hydrogens (primary N) is 1. The zero-order chi connectivity index (χ0) is 12.3. The normalized spacial score (nSPS) is 10.5. The van der Waals surface area contributed by atoms with E-state index in [1.54, 1.807) is 6.07 Å². The van der Waals surface area contributed by atoms with Crippen molar-refractivity contribution in [1.29, 1.82) is 0 Å². The monoisotopic (exact) mass is 232 g/mol. The third kappa shape index (κ3) is 3.00. The van der Waals surface area contributed by atoms with Crippen LogP contribution in [-0.2, 0) is 6.42 Å². The van der Waals surface area contributed by atoms with Crippen molar-refractivity contribution in [2.24, 2.45) is 0 Å². The zero-order valence-corrected chi connectivity index (χ0v) is 10.1. The Balaban J connectivity index is 1.87. The minimum atomic E-state index is 0.339. The van der Waals surface area contributed by atoms with Gasteiger partial charge in [0.1, 0.15) is 5.75 Å². The minimum Gasteiger partial charge on any atom is -0.493 e. The molecular formula is C13H16N2O2. The van der Waals surface area contributed by atoms with E-state index in [9.17, 15) is 0 Å². The van der Waals surface area contributed by atoms with Gasteiger partial charge in [-0.2, -0.15) is 0 Å². The van der Waals surface area contributed by atoms with Crippen LogP contribution in [0.25, 0.3) is 0 Å². The molecule has 4 heteroatoms. The molecular weight excluding hydrogens is 216 g/mol. The molecule has 0 aliphatic rings. The maximum absolute atomic E-state index is 5.63. The Labute approximate surface area is 100 Å². The number of rotatable bonds is 4. The van der Waals surface area contributed by atoms with Crippen LogP contribution >= 0.6 is 0 Å². The van der Waals surface area contributed by atoms with E-state index in [4.69, 9.17) is 15.0 Å². The van der Waals surface area contributed by atoms with E-state index in [2.05, 4.69) is 25.1 Å². The highest BCUT2D eigenvalue weighted by atomic mass is 16.5. The number of anilines is 1. The molecule has 2 N–H and O–H groups in total. The van der Waals surface area contributed by atoms with E-state index in [-0.39, 0.29) is 0 Å². The largest absolute Gasteiger partial charge is 0.493 e. The standard InChI is InChI=1S/C13H16N2O2/c1-9-3-4-12(7-10(9)2)16-6-5-11-8-13(14)17-15-11/h3-4,7-8H,5-6,14H2,1-2H3. The summed E-state index contributed by atoms with van der Waals surface area (Å²) >= 11 is 0. The average Bonchev–Trinajstić information content (AvgIpc) is 2.70. The summed E-state index contributed by atoms with van der Waals surface area (Å²) < 4.78 is 10.4. The van der Waals surface area contributed by atoms with Crippen LogP contribution in [0, 0.1) is 13.8 Å². The third-order valence-corrected chi connectivity index (χ3v) is 2.68. The van der Waals surface area contributed by atoms with Gasteiger partial charge in [0, 0.05) is 12.5 Å². The second-order valence-electron chi connectivity index (χ2n) is 4.07. The molecule has 0 saturated carbocycles. The van der Waals surface area contributed by atoms with Crippen molar-refractivity contribution in [2.75, 3.05) is 12.3 Å². The van der Waals surface area contributed by atoms with Crippen molar-refractivity contribution in [3.63, 3.8) is 0 Å². The zero-order valence-electron chi connectivity index (χ0n) is 10.1. The molecule has 0 bridgehead atoms. The molecule has 0 saturated heterocycles. The van der Waals surface area contributed by atoms with Gasteiger partial charge in [-0.1, -0.05) is 11.2 Å². The van der Waals surface area contributed by atoms with Crippen molar-refractivity contribution in [2.45, 2.75) is 20.3 Å². The lowest BCUT2D eigenvalue weighted by Crippen LogP contribution is -2.01. The van der Waals surface area contributed by atoms with E-state index in [1.807, 2.05) is 12.1 Å². The lowest BCUT2D eigenvalue weighted by molar-refractivity contribution is 0.316. The molecule has 0 radical (unpaired) electrons. The van der Waals surface area contributed by atoms with Gasteiger partial charge in [0.15, 0.2) is 0 Å². The number of nitrogen functional groups attached to an aromatic ring is 1. The number of benzene rings is 1. The molecule has 90 valence electrons. The van der Waals surface area contributed by atoms with E-state index < -0.39 is 0 Å². The van der Waals surface area contributed by atoms with E-state index >= 15 is 0 Å². The predicted molar refractivity (Wildman–Crippen MR) is 66.0 cm³/mol. The molecule has 1 aromatic heterocycles. The summed E-state index contributed by atoms with van der Waals surface area (Å²) in [6, 6.07) is 7.77. The van der Waals surface area contributed by atoms with Gasteiger partial charge in [-0.25, -0.2) is 0 Å². The van der Waals surface area contributed by atoms with Crippen molar-refractivity contribution in [1.82, 2.24) is 5.16 Å². The number of ether oxygens (including phenoxy) is 1. The molecule has 17 heavy (non-hydrogen) atoms. The highest BCUT2D eigenvalue weighted by Gasteiger charge is 2.02. The van der Waals surface area contributed by atoms with Crippen LogP contribution in [0.2, 0.25) is 0 Å². The Kier molecular flexibility index (Phi) is 3.32. The fourth-order valence-corrected chi connectivity index (χ4v) is 1.52. The highest BCUT2D eigenvalue weighted by molar-refractivity contribution is 5.33. The Morgan fingerprint density at radius 2 is 2.06 bits per heavy atom. The first-order chi connectivity index (χ1) is 8.15. The molecule has 0 unspecified atom stereocenters. The number of nitrogens with zero attached hydrogens (tertiary/aromatic N) is 1. The van der Waals surface area contributed by atoms with Gasteiger partial charge in [0.25, 0.3) is 0 Å². The molecule has 0 aliphatic carbocycles. The van der Waals surface area contributed by atoms with Crippen LogP contribution < -0.4 is 10.5 Å². The van der Waals surface area contributed by atoms with Gasteiger partial charge in [-0.15, -0.1) is 0 Å². The maximum atomic E-state index is 5.63. The average molecular weight is 232 g/mol. The molecule has 2 rings (SSSR count). The predicted octanol–water partition coefficient (Wildman–Crippen LogP) is 2.50. The van der Waals surface area contributed by atoms with E-state index in [0.717, 1.165) is 11.4 Å². The highest BCUT2D eigenvalue weighted by Crippen LogP contribution is 2.16. The first-order valence-electron chi connectivity index (χ1n) is 5.56. The summed E-state index contributed by atoms with van der Waals surface area (Å²) in [7, 11) is 0. The number of hydrogen-bond donors (Lipinski definition) is 1. The smallest absolute Gasteiger partial charge is 0.222 e. The summed E-state index contributed by atoms with van der Waals surface area (Å²) in [5, 5.41) is 3.80. The van der Waals surface area contributed by atoms with E-state index in [1.165, 1.54) is 11.1 Å². The van der Waals surface area contributed by atoms with Crippen molar-refractivity contribution in [3.8, 4) is 5.75 Å². The van der Waals surface area contributed by atoms with Gasteiger partial charge >= 0.3 is 0 Å². The summed E-state index contributed by atoms with van der Waals surface area (Å²) in [5.74, 6) is 1.22. The Morgan fingerprint density at radius 3 is 2.71 bits per heavy atom. The second-order valence-corrected chi connectivity index (χ2v) is 4.07. The van der Waals surface area contributed by atoms with Gasteiger partial charge in [-0.05, 0) is 37.1 Å². The van der Waals surface area contributed by atoms with Gasteiger partial charge in [-0.3, -0.25) is 0 Å². The van der Waals surface area contributed by atoms with Gasteiger partial charge < -0.3 is 15.0 Å². The van der Waals surface area contributed by atoms with E-state index in [0.29, 0.717) is 18.9 Å². The maximum Gasteiger partial charge on any atom is 0.222 e. The number of hydrogen-bond acceptors (Lipinski definition) is 4. The Hall–Kier alpha value is -1.97. The minimum absolute atomic E-state index is 0.339. The quantitative estimate of drug-likeness (QED) is 0.879. The van der Waals surface area contributed by atoms with Gasteiger partial charge in [0.05, 0.1) is 12.3 Å². The molecule has 2 aromatic rings. The lowest BCUT2D eigenvalue weighted by atomic mass is 10.1. The first-order valence-corrected chi connectivity index (χ1v) is 5.56. The van der Waals surface area contributed by atoms with Crippen LogP contribution in [0.4, 0.5) is 5.88 Å². The van der Waals surface area contributed by atoms with Crippen LogP contribution in [-0.4, -0.2) is 11.8 Å². The van der Waals surface area contributed by atoms with Crippen molar-refractivity contribution in [3.05, 3.63) is 41.1 Å². The fraction of sp³-hybridized carbons (Fsp3) is 0.308.